The van der Waals surface area contributed by atoms with E-state index in [0.29, 0.717) is 50.0 Å². The lowest BCUT2D eigenvalue weighted by Crippen LogP contribution is -2.42. The Hall–Kier alpha value is -2.69. The number of hydrogen-bond donors (Lipinski definition) is 3. The second-order valence-electron chi connectivity index (χ2n) is 9.52. The summed E-state index contributed by atoms with van der Waals surface area (Å²) in [6, 6.07) is 4.61. The zero-order valence-corrected chi connectivity index (χ0v) is 20.6. The van der Waals surface area contributed by atoms with E-state index in [1.54, 1.807) is 13.0 Å². The molecule has 0 bridgehead atoms. The van der Waals surface area contributed by atoms with E-state index in [0.717, 1.165) is 30.4 Å². The molecule has 2 heterocycles. The van der Waals surface area contributed by atoms with Crippen LogP contribution in [0.1, 0.15) is 54.7 Å². The van der Waals surface area contributed by atoms with Crippen LogP contribution in [0.25, 0.3) is 5.69 Å². The van der Waals surface area contributed by atoms with Crippen LogP contribution in [0.4, 0.5) is 0 Å². The maximum atomic E-state index is 13.0. The molecule has 1 saturated heterocycles. The average Bonchev–Trinajstić information content (AvgIpc) is 2.95. The van der Waals surface area contributed by atoms with Crippen LogP contribution in [0, 0.1) is 12.8 Å². The minimum atomic E-state index is -0.921. The maximum absolute atomic E-state index is 13.0. The quantitative estimate of drug-likeness (QED) is 0.467. The third kappa shape index (κ3) is 6.12. The summed E-state index contributed by atoms with van der Waals surface area (Å²) in [6.45, 7) is 3.39. The molecule has 2 fully saturated rings. The molecule has 4 rings (SSSR count). The zero-order valence-electron chi connectivity index (χ0n) is 19.9. The third-order valence-corrected chi connectivity index (χ3v) is 7.03. The normalized spacial score (nSPS) is 17.9. The zero-order chi connectivity index (χ0) is 25.0. The minimum Gasteiger partial charge on any atom is -0.388 e. The monoisotopic (exact) mass is 505 g/mol. The minimum absolute atomic E-state index is 0.141. The van der Waals surface area contributed by atoms with Gasteiger partial charge < -0.3 is 20.5 Å². The number of carbonyl (C=O) groups excluding carboxylic acids is 2. The molecule has 10 nitrogen and oxygen atoms in total. The predicted molar refractivity (Wildman–Crippen MR) is 130 cm³/mol. The van der Waals surface area contributed by atoms with Crippen molar-refractivity contribution in [2.24, 2.45) is 5.92 Å². The highest BCUT2D eigenvalue weighted by molar-refractivity contribution is 6.33. The van der Waals surface area contributed by atoms with Gasteiger partial charge in [0, 0.05) is 19.0 Å². The van der Waals surface area contributed by atoms with Gasteiger partial charge in [0.15, 0.2) is 0 Å². The third-order valence-electron chi connectivity index (χ3n) is 6.70. The van der Waals surface area contributed by atoms with Gasteiger partial charge in [0.05, 0.1) is 35.1 Å². The predicted octanol–water partition coefficient (Wildman–Crippen LogP) is 1.57. The number of rotatable bonds is 8. The van der Waals surface area contributed by atoms with Crippen LogP contribution < -0.4 is 16.3 Å². The van der Waals surface area contributed by atoms with E-state index >= 15 is 0 Å². The van der Waals surface area contributed by atoms with E-state index in [-0.39, 0.29) is 29.6 Å². The van der Waals surface area contributed by atoms with Crippen LogP contribution in [0.15, 0.2) is 23.0 Å². The molecule has 0 atom stereocenters. The standard InChI is InChI=1S/C24H32ClN5O5/c1-16-28-30(23(33)29(16)12-21(31)26-11-17-13-35-14-17)18-6-7-20(25)19(10-18)22(32)27-15-24(34)8-4-2-3-5-9-24/h6-7,10,17,34H,2-5,8-9,11-15H2,1H3,(H,26,31)(H,27,32). The van der Waals surface area contributed by atoms with Crippen molar-refractivity contribution in [3.63, 3.8) is 0 Å². The summed E-state index contributed by atoms with van der Waals surface area (Å²) in [5, 5.41) is 20.9. The Morgan fingerprint density at radius 2 is 1.91 bits per heavy atom. The number of benzene rings is 1. The fourth-order valence-electron chi connectivity index (χ4n) is 4.43. The summed E-state index contributed by atoms with van der Waals surface area (Å²) in [7, 11) is 0. The largest absolute Gasteiger partial charge is 0.388 e. The molecular weight excluding hydrogens is 474 g/mol. The molecule has 2 amide bonds. The second-order valence-corrected chi connectivity index (χ2v) is 9.93. The van der Waals surface area contributed by atoms with Crippen LogP contribution in [0.5, 0.6) is 0 Å². The Morgan fingerprint density at radius 3 is 2.57 bits per heavy atom. The summed E-state index contributed by atoms with van der Waals surface area (Å²) >= 11 is 6.28. The number of nitrogens with one attached hydrogen (secondary N) is 2. The molecule has 0 spiro atoms. The van der Waals surface area contributed by atoms with E-state index in [4.69, 9.17) is 16.3 Å². The molecular formula is C24H32ClN5O5. The smallest absolute Gasteiger partial charge is 0.351 e. The number of nitrogens with zero attached hydrogens (tertiary/aromatic N) is 3. The highest BCUT2D eigenvalue weighted by Crippen LogP contribution is 2.27. The van der Waals surface area contributed by atoms with Gasteiger partial charge in [-0.1, -0.05) is 37.3 Å². The van der Waals surface area contributed by atoms with Crippen molar-refractivity contribution in [3.8, 4) is 5.69 Å². The van der Waals surface area contributed by atoms with E-state index < -0.39 is 17.2 Å². The van der Waals surface area contributed by atoms with Gasteiger partial charge in [0.25, 0.3) is 5.91 Å². The number of aromatic nitrogens is 3. The summed E-state index contributed by atoms with van der Waals surface area (Å²) in [6.07, 6.45) is 5.33. The molecule has 35 heavy (non-hydrogen) atoms. The van der Waals surface area contributed by atoms with Crippen molar-refractivity contribution in [3.05, 3.63) is 45.1 Å². The van der Waals surface area contributed by atoms with Gasteiger partial charge in [-0.2, -0.15) is 9.78 Å². The lowest BCUT2D eigenvalue weighted by Gasteiger charge is -2.26. The van der Waals surface area contributed by atoms with E-state index in [1.165, 1.54) is 16.7 Å². The molecule has 0 radical (unpaired) electrons. The molecule has 1 aromatic heterocycles. The van der Waals surface area contributed by atoms with Crippen molar-refractivity contribution in [1.29, 1.82) is 0 Å². The van der Waals surface area contributed by atoms with Crippen LogP contribution in [0.2, 0.25) is 5.02 Å². The first-order valence-corrected chi connectivity index (χ1v) is 12.4. The molecule has 1 saturated carbocycles. The van der Waals surface area contributed by atoms with Crippen LogP contribution in [0.3, 0.4) is 0 Å². The number of amides is 2. The first-order chi connectivity index (χ1) is 16.8. The number of carbonyl (C=O) groups is 2. The molecule has 0 unspecified atom stereocenters. The topological polar surface area (TPSA) is 127 Å². The Balaban J connectivity index is 1.46. The fraction of sp³-hybridized carbons (Fsp3) is 0.583. The van der Waals surface area contributed by atoms with E-state index in [1.807, 2.05) is 0 Å². The van der Waals surface area contributed by atoms with Crippen molar-refractivity contribution in [2.45, 2.75) is 57.6 Å². The maximum Gasteiger partial charge on any atom is 0.351 e. The highest BCUT2D eigenvalue weighted by atomic mass is 35.5. The van der Waals surface area contributed by atoms with Gasteiger partial charge in [-0.05, 0) is 38.0 Å². The number of hydrogen-bond acceptors (Lipinski definition) is 6. The number of aliphatic hydroxyl groups is 1. The lowest BCUT2D eigenvalue weighted by atomic mass is 9.94. The van der Waals surface area contributed by atoms with Gasteiger partial charge in [-0.15, -0.1) is 0 Å². The van der Waals surface area contributed by atoms with Gasteiger partial charge >= 0.3 is 5.69 Å². The van der Waals surface area contributed by atoms with Gasteiger partial charge in [-0.3, -0.25) is 14.2 Å². The molecule has 1 aromatic carbocycles. The number of aryl methyl sites for hydroxylation is 1. The van der Waals surface area contributed by atoms with Crippen molar-refractivity contribution < 1.29 is 19.4 Å². The highest BCUT2D eigenvalue weighted by Gasteiger charge is 2.29. The van der Waals surface area contributed by atoms with Gasteiger partial charge in [0.2, 0.25) is 5.91 Å². The summed E-state index contributed by atoms with van der Waals surface area (Å²) < 4.78 is 7.52. The molecule has 3 N–H and O–H groups in total. The van der Waals surface area contributed by atoms with Crippen molar-refractivity contribution >= 4 is 23.4 Å². The van der Waals surface area contributed by atoms with Crippen LogP contribution in [-0.4, -0.2) is 63.2 Å². The fourth-order valence-corrected chi connectivity index (χ4v) is 4.63. The summed E-state index contributed by atoms with van der Waals surface area (Å²) in [4.78, 5) is 38.2. The first-order valence-electron chi connectivity index (χ1n) is 12.1. The lowest BCUT2D eigenvalue weighted by molar-refractivity contribution is -0.122. The SMILES string of the molecule is Cc1nn(-c2ccc(Cl)c(C(=O)NCC3(O)CCCCCC3)c2)c(=O)n1CC(=O)NCC1COC1. The Kier molecular flexibility index (Phi) is 7.93. The molecule has 1 aliphatic carbocycles. The average molecular weight is 506 g/mol. The summed E-state index contributed by atoms with van der Waals surface area (Å²) in [5.41, 5.74) is -0.881. The Labute approximate surface area is 208 Å². The van der Waals surface area contributed by atoms with Crippen molar-refractivity contribution in [2.75, 3.05) is 26.3 Å². The Morgan fingerprint density at radius 1 is 1.20 bits per heavy atom. The van der Waals surface area contributed by atoms with Crippen LogP contribution in [-0.2, 0) is 16.1 Å². The van der Waals surface area contributed by atoms with Crippen LogP contribution >= 0.6 is 11.6 Å². The van der Waals surface area contributed by atoms with Gasteiger partial charge in [0.1, 0.15) is 12.4 Å². The first kappa shape index (κ1) is 25.4. The number of halogens is 1. The van der Waals surface area contributed by atoms with Crippen molar-refractivity contribution in [1.82, 2.24) is 25.0 Å². The second kappa shape index (κ2) is 10.9. The molecule has 11 heteroatoms. The molecule has 1 aliphatic heterocycles. The summed E-state index contributed by atoms with van der Waals surface area (Å²) in [5.74, 6) is -0.0394. The molecule has 190 valence electrons. The molecule has 2 aromatic rings. The van der Waals surface area contributed by atoms with E-state index in [9.17, 15) is 19.5 Å². The number of ether oxygens (including phenoxy) is 1. The molecule has 2 aliphatic rings. The van der Waals surface area contributed by atoms with Gasteiger partial charge in [-0.25, -0.2) is 4.79 Å². The van der Waals surface area contributed by atoms with E-state index in [2.05, 4.69) is 15.7 Å². The Bertz CT molecular complexity index is 1130.